The number of aryl methyl sites for hydroxylation is 3. The van der Waals surface area contributed by atoms with E-state index in [0.717, 1.165) is 22.4 Å². The van der Waals surface area contributed by atoms with Crippen LogP contribution in [-0.4, -0.2) is 17.6 Å². The van der Waals surface area contributed by atoms with E-state index in [1.165, 1.54) is 6.07 Å². The van der Waals surface area contributed by atoms with Gasteiger partial charge in [-0.25, -0.2) is 0 Å². The van der Waals surface area contributed by atoms with Gasteiger partial charge in [0.05, 0.1) is 5.69 Å². The highest BCUT2D eigenvalue weighted by molar-refractivity contribution is 5.93. The molecular formula is C17H19NO3. The van der Waals surface area contributed by atoms with Crippen LogP contribution in [0.5, 0.6) is 11.5 Å². The van der Waals surface area contributed by atoms with Gasteiger partial charge in [0.2, 0.25) is 0 Å². The van der Waals surface area contributed by atoms with Gasteiger partial charge in [0.25, 0.3) is 5.91 Å². The van der Waals surface area contributed by atoms with Crippen LogP contribution >= 0.6 is 0 Å². The summed E-state index contributed by atoms with van der Waals surface area (Å²) in [5.74, 6) is 0.456. The van der Waals surface area contributed by atoms with E-state index >= 15 is 0 Å². The number of hydrogen-bond acceptors (Lipinski definition) is 3. The summed E-state index contributed by atoms with van der Waals surface area (Å²) in [4.78, 5) is 11.9. The number of aromatic hydroxyl groups is 1. The molecule has 0 aliphatic rings. The molecule has 0 bridgehead atoms. The minimum Gasteiger partial charge on any atom is -0.506 e. The second kappa shape index (κ2) is 6.31. The maximum absolute atomic E-state index is 11.9. The third-order valence-corrected chi connectivity index (χ3v) is 3.13. The molecule has 0 radical (unpaired) electrons. The summed E-state index contributed by atoms with van der Waals surface area (Å²) in [5, 5.41) is 12.2. The van der Waals surface area contributed by atoms with Crippen LogP contribution in [0.1, 0.15) is 16.7 Å². The summed E-state index contributed by atoms with van der Waals surface area (Å²) in [6.07, 6.45) is 0. The molecule has 110 valence electrons. The van der Waals surface area contributed by atoms with E-state index in [9.17, 15) is 9.90 Å². The van der Waals surface area contributed by atoms with Crippen molar-refractivity contribution in [3.05, 3.63) is 53.1 Å². The van der Waals surface area contributed by atoms with E-state index in [4.69, 9.17) is 4.74 Å². The normalized spacial score (nSPS) is 10.2. The molecule has 0 spiro atoms. The molecule has 2 rings (SSSR count). The Hall–Kier alpha value is -2.49. The zero-order valence-electron chi connectivity index (χ0n) is 12.4. The Morgan fingerprint density at radius 2 is 1.76 bits per heavy atom. The molecule has 0 fully saturated rings. The highest BCUT2D eigenvalue weighted by Crippen LogP contribution is 2.25. The number of carbonyl (C=O) groups excluding carboxylic acids is 1. The summed E-state index contributed by atoms with van der Waals surface area (Å²) < 4.78 is 5.60. The van der Waals surface area contributed by atoms with Crippen molar-refractivity contribution >= 4 is 11.6 Å². The molecule has 0 atom stereocenters. The van der Waals surface area contributed by atoms with E-state index in [1.807, 2.05) is 32.9 Å². The third-order valence-electron chi connectivity index (χ3n) is 3.13. The van der Waals surface area contributed by atoms with Crippen LogP contribution in [-0.2, 0) is 4.79 Å². The highest BCUT2D eigenvalue weighted by atomic mass is 16.5. The Balaban J connectivity index is 2.01. The first-order chi connectivity index (χ1) is 9.97. The van der Waals surface area contributed by atoms with Crippen LogP contribution in [0, 0.1) is 20.8 Å². The van der Waals surface area contributed by atoms with Gasteiger partial charge in [-0.05, 0) is 44.0 Å². The van der Waals surface area contributed by atoms with Crippen LogP contribution in [0.4, 0.5) is 5.69 Å². The lowest BCUT2D eigenvalue weighted by Crippen LogP contribution is -2.20. The molecule has 4 heteroatoms. The summed E-state index contributed by atoms with van der Waals surface area (Å²) in [7, 11) is 0. The molecule has 0 aromatic heterocycles. The smallest absolute Gasteiger partial charge is 0.262 e. The molecule has 4 nitrogen and oxygen atoms in total. The van der Waals surface area contributed by atoms with Gasteiger partial charge in [0, 0.05) is 0 Å². The number of phenols is 1. The van der Waals surface area contributed by atoms with Crippen LogP contribution in [0.15, 0.2) is 36.4 Å². The van der Waals surface area contributed by atoms with E-state index < -0.39 is 0 Å². The standard InChI is InChI=1S/C17H19NO3/c1-11-8-12(2)17(13(3)9-11)21-10-16(20)18-14-6-4-5-7-15(14)19/h4-9,19H,10H2,1-3H3,(H,18,20). The van der Waals surface area contributed by atoms with E-state index in [1.54, 1.807) is 18.2 Å². The van der Waals surface area contributed by atoms with Gasteiger partial charge >= 0.3 is 0 Å². The van der Waals surface area contributed by atoms with Gasteiger partial charge in [-0.1, -0.05) is 29.8 Å². The minimum absolute atomic E-state index is 0.0357. The average Bonchev–Trinajstić information content (AvgIpc) is 2.40. The Morgan fingerprint density at radius 3 is 2.38 bits per heavy atom. The quantitative estimate of drug-likeness (QED) is 0.847. The number of phenolic OH excluding ortho intramolecular Hbond substituents is 1. The molecule has 0 unspecified atom stereocenters. The topological polar surface area (TPSA) is 58.6 Å². The number of amides is 1. The first-order valence-corrected chi connectivity index (χ1v) is 6.76. The maximum atomic E-state index is 11.9. The SMILES string of the molecule is Cc1cc(C)c(OCC(=O)Nc2ccccc2O)c(C)c1. The summed E-state index contributed by atoms with van der Waals surface area (Å²) in [5.41, 5.74) is 3.55. The molecule has 2 aromatic rings. The number of hydrogen-bond donors (Lipinski definition) is 2. The molecule has 21 heavy (non-hydrogen) atoms. The van der Waals surface area contributed by atoms with Gasteiger partial charge in [-0.3, -0.25) is 4.79 Å². The van der Waals surface area contributed by atoms with E-state index in [0.29, 0.717) is 5.69 Å². The van der Waals surface area contributed by atoms with Crippen LogP contribution in [0.25, 0.3) is 0 Å². The fourth-order valence-corrected chi connectivity index (χ4v) is 2.30. The lowest BCUT2D eigenvalue weighted by atomic mass is 10.1. The van der Waals surface area contributed by atoms with Gasteiger partial charge < -0.3 is 15.2 Å². The first kappa shape index (κ1) is 14.9. The Bertz CT molecular complexity index is 642. The number of rotatable bonds is 4. The maximum Gasteiger partial charge on any atom is 0.262 e. The zero-order chi connectivity index (χ0) is 15.4. The first-order valence-electron chi connectivity index (χ1n) is 6.76. The number of ether oxygens (including phenoxy) is 1. The molecule has 1 amide bonds. The molecule has 0 heterocycles. The fraction of sp³-hybridized carbons (Fsp3) is 0.235. The summed E-state index contributed by atoms with van der Waals surface area (Å²) in [6, 6.07) is 10.6. The van der Waals surface area contributed by atoms with Gasteiger partial charge in [0.15, 0.2) is 6.61 Å². The van der Waals surface area contributed by atoms with E-state index in [-0.39, 0.29) is 18.3 Å². The average molecular weight is 285 g/mol. The molecule has 0 saturated heterocycles. The zero-order valence-corrected chi connectivity index (χ0v) is 12.4. The predicted molar refractivity (Wildman–Crippen MR) is 82.9 cm³/mol. The molecule has 0 aliphatic carbocycles. The predicted octanol–water partition coefficient (Wildman–Crippen LogP) is 3.33. The lowest BCUT2D eigenvalue weighted by Gasteiger charge is -2.13. The van der Waals surface area contributed by atoms with Crippen molar-refractivity contribution in [1.82, 2.24) is 0 Å². The second-order valence-corrected chi connectivity index (χ2v) is 5.08. The van der Waals surface area contributed by atoms with Gasteiger partial charge in [-0.15, -0.1) is 0 Å². The number of para-hydroxylation sites is 2. The molecule has 2 aromatic carbocycles. The monoisotopic (exact) mass is 285 g/mol. The van der Waals surface area contributed by atoms with Crippen LogP contribution in [0.3, 0.4) is 0 Å². The van der Waals surface area contributed by atoms with Crippen molar-refractivity contribution in [2.24, 2.45) is 0 Å². The molecular weight excluding hydrogens is 266 g/mol. The number of nitrogens with one attached hydrogen (secondary N) is 1. The Kier molecular flexibility index (Phi) is 4.48. The Morgan fingerprint density at radius 1 is 1.14 bits per heavy atom. The molecule has 2 N–H and O–H groups in total. The van der Waals surface area contributed by atoms with Crippen molar-refractivity contribution in [3.8, 4) is 11.5 Å². The van der Waals surface area contributed by atoms with Crippen LogP contribution in [0.2, 0.25) is 0 Å². The second-order valence-electron chi connectivity index (χ2n) is 5.08. The lowest BCUT2D eigenvalue weighted by molar-refractivity contribution is -0.118. The van der Waals surface area contributed by atoms with Crippen molar-refractivity contribution in [2.45, 2.75) is 20.8 Å². The third kappa shape index (κ3) is 3.75. The highest BCUT2D eigenvalue weighted by Gasteiger charge is 2.10. The summed E-state index contributed by atoms with van der Waals surface area (Å²) >= 11 is 0. The number of anilines is 1. The van der Waals surface area contributed by atoms with E-state index in [2.05, 4.69) is 5.32 Å². The van der Waals surface area contributed by atoms with Gasteiger partial charge in [-0.2, -0.15) is 0 Å². The largest absolute Gasteiger partial charge is 0.506 e. The molecule has 0 saturated carbocycles. The van der Waals surface area contributed by atoms with Crippen molar-refractivity contribution < 1.29 is 14.6 Å². The van der Waals surface area contributed by atoms with Crippen molar-refractivity contribution in [3.63, 3.8) is 0 Å². The molecule has 0 aliphatic heterocycles. The summed E-state index contributed by atoms with van der Waals surface area (Å²) in [6.45, 7) is 5.83. The van der Waals surface area contributed by atoms with Crippen molar-refractivity contribution in [2.75, 3.05) is 11.9 Å². The van der Waals surface area contributed by atoms with Crippen LogP contribution < -0.4 is 10.1 Å². The van der Waals surface area contributed by atoms with Crippen molar-refractivity contribution in [1.29, 1.82) is 0 Å². The fourth-order valence-electron chi connectivity index (χ4n) is 2.30. The Labute approximate surface area is 124 Å². The van der Waals surface area contributed by atoms with Gasteiger partial charge in [0.1, 0.15) is 11.5 Å². The number of benzene rings is 2. The number of carbonyl (C=O) groups is 1. The minimum atomic E-state index is -0.309.